The lowest BCUT2D eigenvalue weighted by molar-refractivity contribution is -0.139. The molecule has 0 bridgehead atoms. The van der Waals surface area contributed by atoms with Gasteiger partial charge in [0.1, 0.15) is 11.3 Å². The number of ether oxygens (including phenoxy) is 1. The second kappa shape index (κ2) is 6.26. The molecule has 0 N–H and O–H groups in total. The highest BCUT2D eigenvalue weighted by Gasteiger charge is 2.33. The van der Waals surface area contributed by atoms with Crippen LogP contribution >= 0.6 is 0 Å². The topological polar surface area (TPSA) is 34.5 Å². The Balaban J connectivity index is 2.18. The highest BCUT2D eigenvalue weighted by atomic mass is 16.5. The molecule has 1 amide bonds. The predicted molar refractivity (Wildman–Crippen MR) is 87.9 cm³/mol. The molecule has 118 valence electrons. The molecule has 22 heavy (non-hydrogen) atoms. The molecular formula is C18H24N2O2. The van der Waals surface area contributed by atoms with E-state index in [-0.39, 0.29) is 11.9 Å². The van der Waals surface area contributed by atoms with Gasteiger partial charge in [0.2, 0.25) is 5.91 Å². The molecule has 0 aliphatic rings. The molecule has 0 aliphatic heterocycles. The van der Waals surface area contributed by atoms with Gasteiger partial charge in [0.25, 0.3) is 0 Å². The first-order valence-electron chi connectivity index (χ1n) is 7.42. The Morgan fingerprint density at radius 3 is 2.23 bits per heavy atom. The fourth-order valence-corrected chi connectivity index (χ4v) is 2.53. The van der Waals surface area contributed by atoms with Crippen LogP contribution < -0.4 is 4.74 Å². The molecule has 0 radical (unpaired) electrons. The van der Waals surface area contributed by atoms with E-state index >= 15 is 0 Å². The minimum atomic E-state index is -0.612. The maximum absolute atomic E-state index is 12.9. The first-order chi connectivity index (χ1) is 10.4. The SMILES string of the molecule is COc1ccc([C@@H](C)N(C)C(=O)C(C)(C)n2cccc2)cc1. The van der Waals surface area contributed by atoms with Crippen molar-refractivity contribution < 1.29 is 9.53 Å². The summed E-state index contributed by atoms with van der Waals surface area (Å²) in [5, 5.41) is 0. The third-order valence-corrected chi connectivity index (χ3v) is 4.27. The van der Waals surface area contributed by atoms with Gasteiger partial charge in [-0.05, 0) is 50.6 Å². The quantitative estimate of drug-likeness (QED) is 0.847. The van der Waals surface area contributed by atoms with E-state index in [0.29, 0.717) is 0 Å². The molecule has 2 rings (SSSR count). The van der Waals surface area contributed by atoms with Crippen molar-refractivity contribution >= 4 is 5.91 Å². The predicted octanol–water partition coefficient (Wildman–Crippen LogP) is 3.45. The molecule has 0 fully saturated rings. The number of benzene rings is 1. The summed E-state index contributed by atoms with van der Waals surface area (Å²) in [7, 11) is 3.50. The van der Waals surface area contributed by atoms with Crippen LogP contribution in [-0.2, 0) is 10.3 Å². The molecule has 0 saturated carbocycles. The summed E-state index contributed by atoms with van der Waals surface area (Å²) in [6.07, 6.45) is 3.84. The van der Waals surface area contributed by atoms with Crippen LogP contribution in [0.25, 0.3) is 0 Å². The van der Waals surface area contributed by atoms with Gasteiger partial charge in [0, 0.05) is 19.4 Å². The molecule has 1 aromatic heterocycles. The number of hydrogen-bond acceptors (Lipinski definition) is 2. The molecule has 4 heteroatoms. The second-order valence-electron chi connectivity index (χ2n) is 6.01. The van der Waals surface area contributed by atoms with Crippen LogP contribution in [-0.4, -0.2) is 29.5 Å². The van der Waals surface area contributed by atoms with Crippen molar-refractivity contribution in [2.24, 2.45) is 0 Å². The van der Waals surface area contributed by atoms with E-state index in [9.17, 15) is 4.79 Å². The number of hydrogen-bond donors (Lipinski definition) is 0. The maximum Gasteiger partial charge on any atom is 0.248 e. The third kappa shape index (κ3) is 3.01. The molecule has 0 spiro atoms. The Labute approximate surface area is 132 Å². The lowest BCUT2D eigenvalue weighted by Gasteiger charge is -2.34. The van der Waals surface area contributed by atoms with Crippen molar-refractivity contribution in [3.63, 3.8) is 0 Å². The van der Waals surface area contributed by atoms with Gasteiger partial charge in [0.05, 0.1) is 13.2 Å². The third-order valence-electron chi connectivity index (χ3n) is 4.27. The number of carbonyl (C=O) groups excluding carboxylic acids is 1. The fourth-order valence-electron chi connectivity index (χ4n) is 2.53. The summed E-state index contributed by atoms with van der Waals surface area (Å²) in [5.74, 6) is 0.893. The van der Waals surface area contributed by atoms with Gasteiger partial charge >= 0.3 is 0 Å². The Bertz CT molecular complexity index is 615. The lowest BCUT2D eigenvalue weighted by atomic mass is 10.00. The van der Waals surface area contributed by atoms with Gasteiger partial charge in [-0.25, -0.2) is 0 Å². The Morgan fingerprint density at radius 2 is 1.73 bits per heavy atom. The van der Waals surface area contributed by atoms with Crippen molar-refractivity contribution in [2.75, 3.05) is 14.2 Å². The molecule has 0 saturated heterocycles. The van der Waals surface area contributed by atoms with Crippen molar-refractivity contribution in [1.29, 1.82) is 0 Å². The highest BCUT2D eigenvalue weighted by molar-refractivity contribution is 5.84. The largest absolute Gasteiger partial charge is 0.497 e. The minimum absolute atomic E-state index is 0.00626. The molecular weight excluding hydrogens is 276 g/mol. The van der Waals surface area contributed by atoms with E-state index in [1.165, 1.54) is 0 Å². The van der Waals surface area contributed by atoms with E-state index in [2.05, 4.69) is 0 Å². The van der Waals surface area contributed by atoms with E-state index in [4.69, 9.17) is 4.74 Å². The number of nitrogens with zero attached hydrogens (tertiary/aromatic N) is 2. The summed E-state index contributed by atoms with van der Waals surface area (Å²) >= 11 is 0. The fraction of sp³-hybridized carbons (Fsp3) is 0.389. The highest BCUT2D eigenvalue weighted by Crippen LogP contribution is 2.26. The molecule has 4 nitrogen and oxygen atoms in total. The van der Waals surface area contributed by atoms with E-state index < -0.39 is 5.54 Å². The van der Waals surface area contributed by atoms with Gasteiger partial charge in [-0.2, -0.15) is 0 Å². The summed E-state index contributed by atoms with van der Waals surface area (Å²) in [6, 6.07) is 11.7. The lowest BCUT2D eigenvalue weighted by Crippen LogP contribution is -2.45. The first-order valence-corrected chi connectivity index (χ1v) is 7.42. The zero-order chi connectivity index (χ0) is 16.3. The standard InChI is InChI=1S/C18H24N2O2/c1-14(15-8-10-16(22-5)11-9-15)19(4)17(21)18(2,3)20-12-6-7-13-20/h6-14H,1-5H3/t14-/m1/s1. The Kier molecular flexibility index (Phi) is 4.59. The average Bonchev–Trinajstić information content (AvgIpc) is 3.08. The second-order valence-corrected chi connectivity index (χ2v) is 6.01. The number of aromatic nitrogens is 1. The zero-order valence-electron chi connectivity index (χ0n) is 13.9. The number of likely N-dealkylation sites (N-methyl/N-ethyl adjacent to an activating group) is 1. The van der Waals surface area contributed by atoms with Crippen molar-refractivity contribution in [3.8, 4) is 5.75 Å². The minimum Gasteiger partial charge on any atom is -0.497 e. The monoisotopic (exact) mass is 300 g/mol. The first kappa shape index (κ1) is 16.1. The van der Waals surface area contributed by atoms with Crippen molar-refractivity contribution in [2.45, 2.75) is 32.4 Å². The smallest absolute Gasteiger partial charge is 0.248 e. The molecule has 1 aromatic carbocycles. The van der Waals surface area contributed by atoms with E-state index in [1.54, 1.807) is 12.0 Å². The van der Waals surface area contributed by atoms with Crippen LogP contribution in [0.4, 0.5) is 0 Å². The summed E-state index contributed by atoms with van der Waals surface area (Å²) in [6.45, 7) is 5.91. The molecule has 0 unspecified atom stereocenters. The van der Waals surface area contributed by atoms with Crippen LogP contribution in [0.5, 0.6) is 5.75 Å². The molecule has 1 atom stereocenters. The van der Waals surface area contributed by atoms with Crippen LogP contribution in [0.2, 0.25) is 0 Å². The van der Waals surface area contributed by atoms with Gasteiger partial charge < -0.3 is 14.2 Å². The average molecular weight is 300 g/mol. The van der Waals surface area contributed by atoms with Gasteiger partial charge in [-0.15, -0.1) is 0 Å². The van der Waals surface area contributed by atoms with Gasteiger partial charge in [-0.3, -0.25) is 4.79 Å². The maximum atomic E-state index is 12.9. The Morgan fingerprint density at radius 1 is 1.18 bits per heavy atom. The van der Waals surface area contributed by atoms with Crippen LogP contribution in [0.15, 0.2) is 48.8 Å². The summed E-state index contributed by atoms with van der Waals surface area (Å²) in [5.41, 5.74) is 0.471. The van der Waals surface area contributed by atoms with Crippen LogP contribution in [0.3, 0.4) is 0 Å². The number of rotatable bonds is 5. The van der Waals surface area contributed by atoms with E-state index in [0.717, 1.165) is 11.3 Å². The van der Waals surface area contributed by atoms with E-state index in [1.807, 2.05) is 81.2 Å². The zero-order valence-corrected chi connectivity index (χ0v) is 13.9. The van der Waals surface area contributed by atoms with Crippen LogP contribution in [0, 0.1) is 0 Å². The van der Waals surface area contributed by atoms with Crippen molar-refractivity contribution in [3.05, 3.63) is 54.4 Å². The summed E-state index contributed by atoms with van der Waals surface area (Å²) in [4.78, 5) is 14.7. The van der Waals surface area contributed by atoms with Crippen LogP contribution in [0.1, 0.15) is 32.4 Å². The summed E-state index contributed by atoms with van der Waals surface area (Å²) < 4.78 is 7.11. The van der Waals surface area contributed by atoms with Gasteiger partial charge in [0.15, 0.2) is 0 Å². The number of amides is 1. The molecule has 2 aromatic rings. The number of carbonyl (C=O) groups is 1. The molecule has 1 heterocycles. The number of methoxy groups -OCH3 is 1. The van der Waals surface area contributed by atoms with Gasteiger partial charge in [-0.1, -0.05) is 12.1 Å². The molecule has 0 aliphatic carbocycles. The van der Waals surface area contributed by atoms with Crippen molar-refractivity contribution in [1.82, 2.24) is 9.47 Å². The Hall–Kier alpha value is -2.23. The normalized spacial score (nSPS) is 12.8.